The lowest BCUT2D eigenvalue weighted by molar-refractivity contribution is 0.150. The Morgan fingerprint density at radius 1 is 0.477 bits per heavy atom. The summed E-state index contributed by atoms with van der Waals surface area (Å²) in [5.74, 6) is 0.842. The molecule has 4 nitrogen and oxygen atoms in total. The summed E-state index contributed by atoms with van der Waals surface area (Å²) in [5, 5.41) is 6.28. The van der Waals surface area contributed by atoms with Gasteiger partial charge in [0.1, 0.15) is 12.3 Å². The molecule has 0 spiro atoms. The zero-order valence-corrected chi connectivity index (χ0v) is 24.5. The van der Waals surface area contributed by atoms with Gasteiger partial charge in [-0.25, -0.2) is 4.99 Å². The van der Waals surface area contributed by atoms with Gasteiger partial charge in [0.25, 0.3) is 0 Å². The number of hydrogen-bond donors (Lipinski definition) is 1. The van der Waals surface area contributed by atoms with Gasteiger partial charge in [-0.1, -0.05) is 146 Å². The molecular formula is C40H32N4. The minimum absolute atomic E-state index is 0.0916. The maximum Gasteiger partial charge on any atom is 0.206 e. The highest BCUT2D eigenvalue weighted by atomic mass is 15.4. The first-order valence-electron chi connectivity index (χ1n) is 15.1. The van der Waals surface area contributed by atoms with Crippen LogP contribution in [-0.4, -0.2) is 22.5 Å². The average Bonchev–Trinajstić information content (AvgIpc) is 3.44. The van der Waals surface area contributed by atoms with Gasteiger partial charge in [0.15, 0.2) is 0 Å². The van der Waals surface area contributed by atoms with Crippen LogP contribution in [0.5, 0.6) is 0 Å². The lowest BCUT2D eigenvalue weighted by atomic mass is 10.0. The quantitative estimate of drug-likeness (QED) is 0.230. The van der Waals surface area contributed by atoms with Crippen molar-refractivity contribution in [3.63, 3.8) is 0 Å². The third-order valence-electron chi connectivity index (χ3n) is 8.74. The fraction of sp³-hybridized carbons (Fsp3) is 0.0750. The zero-order valence-electron chi connectivity index (χ0n) is 24.5. The van der Waals surface area contributed by atoms with E-state index < -0.39 is 0 Å². The maximum atomic E-state index is 5.41. The van der Waals surface area contributed by atoms with Crippen molar-refractivity contribution in [3.8, 4) is 22.3 Å². The summed E-state index contributed by atoms with van der Waals surface area (Å²) in [5.41, 5.74) is 9.45. The molecule has 7 aromatic rings. The normalized spacial score (nSPS) is 17.0. The van der Waals surface area contributed by atoms with E-state index in [0.29, 0.717) is 0 Å². The van der Waals surface area contributed by atoms with E-state index in [1.54, 1.807) is 0 Å². The Kier molecular flexibility index (Phi) is 6.55. The van der Waals surface area contributed by atoms with Crippen LogP contribution in [0.25, 0.3) is 44.1 Å². The number of hydrogen-bond acceptors (Lipinski definition) is 3. The Bertz CT molecular complexity index is 2040. The van der Waals surface area contributed by atoms with Crippen LogP contribution < -0.4 is 5.32 Å². The van der Waals surface area contributed by atoms with E-state index in [1.807, 2.05) is 0 Å². The van der Waals surface area contributed by atoms with Gasteiger partial charge in [0, 0.05) is 10.8 Å². The van der Waals surface area contributed by atoms with Crippen LogP contribution in [0.3, 0.4) is 0 Å². The predicted octanol–water partition coefficient (Wildman–Crippen LogP) is 9.27. The van der Waals surface area contributed by atoms with Gasteiger partial charge >= 0.3 is 0 Å². The van der Waals surface area contributed by atoms with Crippen LogP contribution in [0.2, 0.25) is 0 Å². The van der Waals surface area contributed by atoms with Crippen LogP contribution in [0, 0.1) is 0 Å². The summed E-state index contributed by atoms with van der Waals surface area (Å²) in [6.07, 6.45) is -0.277. The van der Waals surface area contributed by atoms with Crippen molar-refractivity contribution in [2.75, 3.05) is 7.05 Å². The van der Waals surface area contributed by atoms with Crippen molar-refractivity contribution < 1.29 is 0 Å². The number of aliphatic imine (C=N–C) groups is 1. The largest absolute Gasteiger partial charge is 0.336 e. The number of para-hydroxylation sites is 2. The molecule has 0 fully saturated rings. The predicted molar refractivity (Wildman–Crippen MR) is 182 cm³/mol. The number of nitrogens with zero attached hydrogens (tertiary/aromatic N) is 3. The van der Waals surface area contributed by atoms with Crippen LogP contribution >= 0.6 is 0 Å². The van der Waals surface area contributed by atoms with Crippen molar-refractivity contribution in [2.45, 2.75) is 12.3 Å². The maximum absolute atomic E-state index is 5.41. The molecule has 1 aliphatic heterocycles. The van der Waals surface area contributed by atoms with Gasteiger partial charge in [-0.05, 0) is 52.6 Å². The third-order valence-corrected chi connectivity index (χ3v) is 8.74. The molecule has 1 aromatic heterocycles. The Hall–Kier alpha value is -5.45. The summed E-state index contributed by atoms with van der Waals surface area (Å²) >= 11 is 0. The topological polar surface area (TPSA) is 32.6 Å². The van der Waals surface area contributed by atoms with Gasteiger partial charge in [0.2, 0.25) is 5.96 Å². The monoisotopic (exact) mass is 568 g/mol. The Morgan fingerprint density at radius 2 is 0.909 bits per heavy atom. The summed E-state index contributed by atoms with van der Waals surface area (Å²) in [6, 6.07) is 56.0. The molecule has 1 N–H and O–H groups in total. The molecule has 0 aliphatic carbocycles. The number of fused-ring (bicyclic) bond motifs is 3. The molecule has 2 unspecified atom stereocenters. The molecule has 1 aliphatic rings. The van der Waals surface area contributed by atoms with E-state index in [9.17, 15) is 0 Å². The molecule has 2 heterocycles. The summed E-state index contributed by atoms with van der Waals surface area (Å²) in [4.78, 5) is 7.74. The third kappa shape index (κ3) is 4.57. The van der Waals surface area contributed by atoms with Crippen LogP contribution in [-0.2, 0) is 0 Å². The lowest BCUT2D eigenvalue weighted by Gasteiger charge is -2.39. The first kappa shape index (κ1) is 26.2. The van der Waals surface area contributed by atoms with Crippen molar-refractivity contribution in [3.05, 3.63) is 169 Å². The minimum atomic E-state index is -0.185. The first-order valence-corrected chi connectivity index (χ1v) is 15.1. The highest BCUT2D eigenvalue weighted by Crippen LogP contribution is 2.36. The Labute approximate surface area is 257 Å². The molecule has 6 aromatic carbocycles. The van der Waals surface area contributed by atoms with E-state index in [4.69, 9.17) is 4.99 Å². The lowest BCUT2D eigenvalue weighted by Crippen LogP contribution is -2.47. The molecule has 0 radical (unpaired) electrons. The SMILES string of the molecule is CN1C(c2ccc(-c3ccccc3)cc2)N=C(n2c3ccccc3c3ccccc32)NC1c1ccc(-c2ccccc2)cc1. The van der Waals surface area contributed by atoms with Gasteiger partial charge in [-0.2, -0.15) is 0 Å². The molecule has 0 amide bonds. The van der Waals surface area contributed by atoms with E-state index in [0.717, 1.165) is 22.6 Å². The molecule has 0 saturated heterocycles. The molecule has 4 heteroatoms. The first-order chi connectivity index (χ1) is 21.7. The second-order valence-corrected chi connectivity index (χ2v) is 11.4. The fourth-order valence-electron chi connectivity index (χ4n) is 6.48. The van der Waals surface area contributed by atoms with Crippen molar-refractivity contribution in [1.29, 1.82) is 0 Å². The van der Waals surface area contributed by atoms with E-state index >= 15 is 0 Å². The smallest absolute Gasteiger partial charge is 0.206 e. The van der Waals surface area contributed by atoms with E-state index in [-0.39, 0.29) is 12.3 Å². The summed E-state index contributed by atoms with van der Waals surface area (Å²) < 4.78 is 2.29. The van der Waals surface area contributed by atoms with Gasteiger partial charge < -0.3 is 5.32 Å². The molecule has 0 bridgehead atoms. The van der Waals surface area contributed by atoms with Gasteiger partial charge in [-0.15, -0.1) is 0 Å². The summed E-state index contributed by atoms with van der Waals surface area (Å²) in [6.45, 7) is 0. The molecule has 44 heavy (non-hydrogen) atoms. The second-order valence-electron chi connectivity index (χ2n) is 11.4. The van der Waals surface area contributed by atoms with Crippen LogP contribution in [0.4, 0.5) is 0 Å². The van der Waals surface area contributed by atoms with Crippen molar-refractivity contribution in [2.24, 2.45) is 4.99 Å². The fourth-order valence-corrected chi connectivity index (χ4v) is 6.48. The number of benzene rings is 6. The highest BCUT2D eigenvalue weighted by Gasteiger charge is 2.32. The van der Waals surface area contributed by atoms with E-state index in [1.165, 1.54) is 38.6 Å². The Morgan fingerprint density at radius 3 is 1.43 bits per heavy atom. The average molecular weight is 569 g/mol. The van der Waals surface area contributed by atoms with E-state index in [2.05, 4.69) is 180 Å². The van der Waals surface area contributed by atoms with Crippen molar-refractivity contribution >= 4 is 27.8 Å². The highest BCUT2D eigenvalue weighted by molar-refractivity contribution is 6.13. The molecule has 2 atom stereocenters. The molecular weight excluding hydrogens is 536 g/mol. The number of aromatic nitrogens is 1. The van der Waals surface area contributed by atoms with Crippen LogP contribution in [0.15, 0.2) is 163 Å². The standard InChI is InChI=1S/C40H32N4/c1-43-38(32-24-20-30(21-25-32)28-12-4-2-5-13-28)41-40(44-36-18-10-8-16-34(36)35-17-9-11-19-37(35)44)42-39(43)33-26-22-31(23-27-33)29-14-6-3-7-15-29/h2-27,38-39H,1H3,(H,41,42). The Balaban J connectivity index is 1.25. The van der Waals surface area contributed by atoms with Crippen LogP contribution in [0.1, 0.15) is 23.5 Å². The van der Waals surface area contributed by atoms with Crippen molar-refractivity contribution in [1.82, 2.24) is 14.8 Å². The molecule has 0 saturated carbocycles. The minimum Gasteiger partial charge on any atom is -0.336 e. The number of rotatable bonds is 4. The summed E-state index contributed by atoms with van der Waals surface area (Å²) in [7, 11) is 2.16. The second kappa shape index (κ2) is 11.0. The molecule has 212 valence electrons. The number of nitrogens with one attached hydrogen (secondary N) is 1. The van der Waals surface area contributed by atoms with Gasteiger partial charge in [-0.3, -0.25) is 9.47 Å². The zero-order chi connectivity index (χ0) is 29.5. The van der Waals surface area contributed by atoms with Gasteiger partial charge in [0.05, 0.1) is 11.0 Å². The molecule has 8 rings (SSSR count).